The predicted octanol–water partition coefficient (Wildman–Crippen LogP) is 4.08. The summed E-state index contributed by atoms with van der Waals surface area (Å²) in [5.74, 6) is 0.493. The number of rotatable bonds is 3. The number of hydrogen-bond donors (Lipinski definition) is 2. The molecule has 104 valence electrons. The van der Waals surface area contributed by atoms with Crippen LogP contribution in [0.15, 0.2) is 42.5 Å². The van der Waals surface area contributed by atoms with Gasteiger partial charge in [-0.2, -0.15) is 0 Å². The van der Waals surface area contributed by atoms with E-state index in [1.807, 2.05) is 24.3 Å². The first-order valence-electron chi connectivity index (χ1n) is 6.68. The number of aryl methyl sites for hydroxylation is 1. The first-order valence-corrected chi connectivity index (χ1v) is 6.68. The third kappa shape index (κ3) is 3.18. The summed E-state index contributed by atoms with van der Waals surface area (Å²) in [6, 6.07) is 12.7. The summed E-state index contributed by atoms with van der Waals surface area (Å²) in [5, 5.41) is 12.3. The molecule has 0 saturated carbocycles. The number of carbonyl (C=O) groups is 1. The van der Waals surface area contributed by atoms with Crippen molar-refractivity contribution in [1.82, 2.24) is 0 Å². The Labute approximate surface area is 119 Å². The lowest BCUT2D eigenvalue weighted by Gasteiger charge is -2.09. The molecular formula is C17H19NO2. The molecule has 0 aliphatic carbocycles. The van der Waals surface area contributed by atoms with E-state index in [1.54, 1.807) is 19.1 Å². The fourth-order valence-corrected chi connectivity index (χ4v) is 1.95. The van der Waals surface area contributed by atoms with Gasteiger partial charge in [0, 0.05) is 11.3 Å². The Morgan fingerprint density at radius 3 is 2.30 bits per heavy atom. The number of amides is 1. The molecule has 0 bridgehead atoms. The molecule has 3 heteroatoms. The molecule has 0 saturated heterocycles. The van der Waals surface area contributed by atoms with E-state index < -0.39 is 0 Å². The second kappa shape index (κ2) is 5.78. The fourth-order valence-electron chi connectivity index (χ4n) is 1.95. The molecule has 0 aliphatic heterocycles. The molecule has 20 heavy (non-hydrogen) atoms. The topological polar surface area (TPSA) is 49.3 Å². The molecule has 2 N–H and O–H groups in total. The number of aromatic hydroxyl groups is 1. The molecule has 0 unspecified atom stereocenters. The van der Waals surface area contributed by atoms with Crippen LogP contribution in [0, 0.1) is 6.92 Å². The van der Waals surface area contributed by atoms with Gasteiger partial charge >= 0.3 is 0 Å². The van der Waals surface area contributed by atoms with Crippen molar-refractivity contribution in [3.63, 3.8) is 0 Å². The van der Waals surface area contributed by atoms with Gasteiger partial charge < -0.3 is 10.4 Å². The Hall–Kier alpha value is -2.29. The van der Waals surface area contributed by atoms with E-state index in [-0.39, 0.29) is 11.7 Å². The lowest BCUT2D eigenvalue weighted by atomic mass is 10.0. The lowest BCUT2D eigenvalue weighted by molar-refractivity contribution is 0.102. The van der Waals surface area contributed by atoms with E-state index in [9.17, 15) is 9.90 Å². The van der Waals surface area contributed by atoms with Crippen LogP contribution in [0.3, 0.4) is 0 Å². The van der Waals surface area contributed by atoms with Crippen molar-refractivity contribution in [1.29, 1.82) is 0 Å². The average molecular weight is 269 g/mol. The highest BCUT2D eigenvalue weighted by atomic mass is 16.3. The molecule has 2 aromatic carbocycles. The molecule has 0 heterocycles. The maximum absolute atomic E-state index is 12.1. The van der Waals surface area contributed by atoms with Crippen molar-refractivity contribution in [2.75, 3.05) is 5.32 Å². The van der Waals surface area contributed by atoms with Crippen LogP contribution in [-0.4, -0.2) is 11.0 Å². The predicted molar refractivity (Wildman–Crippen MR) is 81.3 cm³/mol. The van der Waals surface area contributed by atoms with E-state index in [0.717, 1.165) is 5.69 Å². The molecule has 2 rings (SSSR count). The van der Waals surface area contributed by atoms with Gasteiger partial charge in [0.25, 0.3) is 5.91 Å². The van der Waals surface area contributed by atoms with Crippen molar-refractivity contribution < 1.29 is 9.90 Å². The highest BCUT2D eigenvalue weighted by Crippen LogP contribution is 2.20. The number of phenolic OH excluding ortho intramolecular Hbond substituents is 1. The largest absolute Gasteiger partial charge is 0.508 e. The van der Waals surface area contributed by atoms with Crippen molar-refractivity contribution in [2.24, 2.45) is 0 Å². The molecule has 0 spiro atoms. The molecular weight excluding hydrogens is 250 g/mol. The number of benzene rings is 2. The lowest BCUT2D eigenvalue weighted by Crippen LogP contribution is -2.12. The Morgan fingerprint density at radius 1 is 1.10 bits per heavy atom. The monoisotopic (exact) mass is 269 g/mol. The van der Waals surface area contributed by atoms with Gasteiger partial charge in [-0.1, -0.05) is 26.0 Å². The van der Waals surface area contributed by atoms with Crippen LogP contribution in [0.1, 0.15) is 41.3 Å². The van der Waals surface area contributed by atoms with Crippen molar-refractivity contribution in [3.05, 3.63) is 59.2 Å². The smallest absolute Gasteiger partial charge is 0.255 e. The first-order chi connectivity index (χ1) is 9.47. The normalized spacial score (nSPS) is 10.6. The molecule has 0 atom stereocenters. The minimum absolute atomic E-state index is 0.176. The number of nitrogens with one attached hydrogen (secondary N) is 1. The van der Waals surface area contributed by atoms with E-state index in [1.165, 1.54) is 11.6 Å². The second-order valence-corrected chi connectivity index (χ2v) is 5.23. The van der Waals surface area contributed by atoms with Crippen LogP contribution in [0.4, 0.5) is 5.69 Å². The number of carbonyl (C=O) groups excluding carboxylic acids is 1. The Morgan fingerprint density at radius 2 is 1.75 bits per heavy atom. The number of hydrogen-bond acceptors (Lipinski definition) is 2. The Balaban J connectivity index is 2.12. The van der Waals surface area contributed by atoms with Crippen molar-refractivity contribution >= 4 is 11.6 Å². The van der Waals surface area contributed by atoms with Crippen molar-refractivity contribution in [3.8, 4) is 5.75 Å². The zero-order valence-corrected chi connectivity index (χ0v) is 12.0. The van der Waals surface area contributed by atoms with Crippen molar-refractivity contribution in [2.45, 2.75) is 26.7 Å². The number of phenols is 1. The maximum atomic E-state index is 12.1. The summed E-state index contributed by atoms with van der Waals surface area (Å²) >= 11 is 0. The van der Waals surface area contributed by atoms with Gasteiger partial charge in [0.2, 0.25) is 0 Å². The zero-order valence-electron chi connectivity index (χ0n) is 12.0. The van der Waals surface area contributed by atoms with E-state index >= 15 is 0 Å². The quantitative estimate of drug-likeness (QED) is 0.882. The molecule has 0 aliphatic rings. The van der Waals surface area contributed by atoms with Crippen LogP contribution >= 0.6 is 0 Å². The Bertz CT molecular complexity index is 615. The second-order valence-electron chi connectivity index (χ2n) is 5.23. The van der Waals surface area contributed by atoms with Gasteiger partial charge in [-0.25, -0.2) is 0 Å². The van der Waals surface area contributed by atoms with E-state index in [2.05, 4.69) is 19.2 Å². The van der Waals surface area contributed by atoms with E-state index in [4.69, 9.17) is 0 Å². The van der Waals surface area contributed by atoms with Gasteiger partial charge in [0.1, 0.15) is 5.75 Å². The highest BCUT2D eigenvalue weighted by Gasteiger charge is 2.08. The summed E-state index contributed by atoms with van der Waals surface area (Å²) in [7, 11) is 0. The number of anilines is 1. The fraction of sp³-hybridized carbons (Fsp3) is 0.235. The van der Waals surface area contributed by atoms with Gasteiger partial charge in [-0.3, -0.25) is 4.79 Å². The summed E-state index contributed by atoms with van der Waals surface area (Å²) in [6.45, 7) is 6.03. The standard InChI is InChI=1S/C17H19NO2/c1-11(2)13-4-7-15(8-5-13)18-17(20)14-6-9-16(19)12(3)10-14/h4-11,19H,1-3H3,(H,18,20). The highest BCUT2D eigenvalue weighted by molar-refractivity contribution is 6.04. The maximum Gasteiger partial charge on any atom is 0.255 e. The minimum Gasteiger partial charge on any atom is -0.508 e. The molecule has 0 aromatic heterocycles. The van der Waals surface area contributed by atoms with Gasteiger partial charge in [-0.15, -0.1) is 0 Å². The SMILES string of the molecule is Cc1cc(C(=O)Nc2ccc(C(C)C)cc2)ccc1O. The molecule has 0 fully saturated rings. The average Bonchev–Trinajstić information content (AvgIpc) is 2.42. The van der Waals surface area contributed by atoms with Crippen LogP contribution < -0.4 is 5.32 Å². The van der Waals surface area contributed by atoms with Crippen LogP contribution in [0.5, 0.6) is 5.75 Å². The van der Waals surface area contributed by atoms with Crippen LogP contribution in [0.2, 0.25) is 0 Å². The summed E-state index contributed by atoms with van der Waals surface area (Å²) in [4.78, 5) is 12.1. The van der Waals surface area contributed by atoms with Gasteiger partial charge in [-0.05, 0) is 54.3 Å². The van der Waals surface area contributed by atoms with Crippen LogP contribution in [0.25, 0.3) is 0 Å². The van der Waals surface area contributed by atoms with Gasteiger partial charge in [0.05, 0.1) is 0 Å². The van der Waals surface area contributed by atoms with Crippen LogP contribution in [-0.2, 0) is 0 Å². The Kier molecular flexibility index (Phi) is 4.08. The molecule has 3 nitrogen and oxygen atoms in total. The van der Waals surface area contributed by atoms with E-state index in [0.29, 0.717) is 17.0 Å². The summed E-state index contributed by atoms with van der Waals surface area (Å²) in [5.41, 5.74) is 3.23. The van der Waals surface area contributed by atoms with Gasteiger partial charge in [0.15, 0.2) is 0 Å². The third-order valence-corrected chi connectivity index (χ3v) is 3.29. The first kappa shape index (κ1) is 14.1. The summed E-state index contributed by atoms with van der Waals surface area (Å²) < 4.78 is 0. The zero-order chi connectivity index (χ0) is 14.7. The summed E-state index contributed by atoms with van der Waals surface area (Å²) in [6.07, 6.45) is 0. The third-order valence-electron chi connectivity index (χ3n) is 3.29. The minimum atomic E-state index is -0.176. The molecule has 1 amide bonds. The molecule has 0 radical (unpaired) electrons. The molecule has 2 aromatic rings.